The molecule has 0 aliphatic heterocycles. The van der Waals surface area contributed by atoms with Gasteiger partial charge in [-0.3, -0.25) is 4.79 Å². The predicted octanol–water partition coefficient (Wildman–Crippen LogP) is 4.74. The van der Waals surface area contributed by atoms with E-state index in [1.807, 2.05) is 0 Å². The number of benzene rings is 2. The van der Waals surface area contributed by atoms with E-state index in [1.165, 1.54) is 18.2 Å². The lowest BCUT2D eigenvalue weighted by atomic mass is 10.1. The number of rotatable bonds is 5. The quantitative estimate of drug-likeness (QED) is 0.439. The van der Waals surface area contributed by atoms with Crippen LogP contribution in [0.1, 0.15) is 5.56 Å². The van der Waals surface area contributed by atoms with Gasteiger partial charge in [0.1, 0.15) is 11.6 Å². The zero-order valence-corrected chi connectivity index (χ0v) is 15.4. The van der Waals surface area contributed by atoms with Crippen LogP contribution in [0.4, 0.5) is 5.69 Å². The highest BCUT2D eigenvalue weighted by Gasteiger charge is 2.15. The molecule has 0 saturated carbocycles. The molecule has 0 fully saturated rings. The number of esters is 1. The maximum atomic E-state index is 12.0. The molecule has 0 bridgehead atoms. The van der Waals surface area contributed by atoms with E-state index in [2.05, 4.69) is 5.32 Å². The molecule has 0 aromatic heterocycles. The molecular weight excluding hydrogens is 399 g/mol. The summed E-state index contributed by atoms with van der Waals surface area (Å²) in [7, 11) is 0. The highest BCUT2D eigenvalue weighted by molar-refractivity contribution is 6.42. The topological polar surface area (TPSA) is 79.2 Å². The normalized spacial score (nSPS) is 10.8. The molecule has 5 nitrogen and oxygen atoms in total. The van der Waals surface area contributed by atoms with Crippen molar-refractivity contribution >= 4 is 58.4 Å². The Morgan fingerprint density at radius 3 is 2.31 bits per heavy atom. The molecule has 1 N–H and O–H groups in total. The second kappa shape index (κ2) is 9.25. The lowest BCUT2D eigenvalue weighted by molar-refractivity contribution is -0.142. The van der Waals surface area contributed by atoms with E-state index in [-0.39, 0.29) is 21.3 Å². The summed E-state index contributed by atoms with van der Waals surface area (Å²) in [4.78, 5) is 23.9. The first-order valence-corrected chi connectivity index (χ1v) is 8.32. The first kappa shape index (κ1) is 19.8. The van der Waals surface area contributed by atoms with Crippen LogP contribution in [0, 0.1) is 11.3 Å². The van der Waals surface area contributed by atoms with E-state index in [4.69, 9.17) is 44.8 Å². The smallest absolute Gasteiger partial charge is 0.349 e. The van der Waals surface area contributed by atoms with Crippen LogP contribution in [-0.2, 0) is 14.3 Å². The molecule has 0 unspecified atom stereocenters. The predicted molar refractivity (Wildman–Crippen MR) is 101 cm³/mol. The van der Waals surface area contributed by atoms with Gasteiger partial charge in [-0.25, -0.2) is 4.79 Å². The molecule has 2 aromatic rings. The Hall–Kier alpha value is -2.52. The number of carbonyl (C=O) groups excluding carboxylic acids is 2. The van der Waals surface area contributed by atoms with Gasteiger partial charge in [-0.2, -0.15) is 5.26 Å². The average molecular weight is 410 g/mol. The Balaban J connectivity index is 2.00. The molecule has 0 atom stereocenters. The lowest BCUT2D eigenvalue weighted by Crippen LogP contribution is -2.21. The number of nitrogens with zero attached hydrogens (tertiary/aromatic N) is 1. The van der Waals surface area contributed by atoms with Crippen molar-refractivity contribution in [3.63, 3.8) is 0 Å². The zero-order chi connectivity index (χ0) is 19.1. The minimum atomic E-state index is -0.917. The number of carbonyl (C=O) groups is 2. The minimum Gasteiger partial charge on any atom is -0.451 e. The summed E-state index contributed by atoms with van der Waals surface area (Å²) in [5, 5.41) is 12.1. The monoisotopic (exact) mass is 408 g/mol. The molecule has 2 rings (SSSR count). The van der Waals surface area contributed by atoms with Crippen molar-refractivity contribution < 1.29 is 14.3 Å². The fraction of sp³-hybridized carbons (Fsp3) is 0.0556. The summed E-state index contributed by atoms with van der Waals surface area (Å²) in [6.07, 6.45) is 1.37. The summed E-state index contributed by atoms with van der Waals surface area (Å²) in [6, 6.07) is 13.3. The van der Waals surface area contributed by atoms with Gasteiger partial charge in [-0.05, 0) is 23.8 Å². The van der Waals surface area contributed by atoms with Crippen LogP contribution < -0.4 is 5.32 Å². The molecule has 132 valence electrons. The first-order chi connectivity index (χ1) is 12.4. The Kier molecular flexibility index (Phi) is 7.05. The Morgan fingerprint density at radius 1 is 1.12 bits per heavy atom. The SMILES string of the molecule is N#CC(=Cc1ccccc1)C(=O)OCC(=O)Nc1c(Cl)cc(Cl)cc1Cl. The molecule has 0 radical (unpaired) electrons. The van der Waals surface area contributed by atoms with Crippen molar-refractivity contribution in [2.75, 3.05) is 11.9 Å². The van der Waals surface area contributed by atoms with E-state index < -0.39 is 18.5 Å². The summed E-state index contributed by atoms with van der Waals surface area (Å²) in [5.41, 5.74) is 0.579. The number of ether oxygens (including phenoxy) is 1. The van der Waals surface area contributed by atoms with Crippen molar-refractivity contribution in [1.82, 2.24) is 0 Å². The van der Waals surface area contributed by atoms with Gasteiger partial charge in [0, 0.05) is 5.02 Å². The largest absolute Gasteiger partial charge is 0.451 e. The van der Waals surface area contributed by atoms with E-state index in [1.54, 1.807) is 36.4 Å². The molecule has 0 aliphatic carbocycles. The Bertz CT molecular complexity index is 883. The number of anilines is 1. The molecule has 26 heavy (non-hydrogen) atoms. The second-order valence-electron chi connectivity index (χ2n) is 4.95. The zero-order valence-electron chi connectivity index (χ0n) is 13.1. The van der Waals surface area contributed by atoms with Crippen LogP contribution in [0.25, 0.3) is 6.08 Å². The molecule has 8 heteroatoms. The van der Waals surface area contributed by atoms with Gasteiger partial charge in [0.15, 0.2) is 6.61 Å². The first-order valence-electron chi connectivity index (χ1n) is 7.19. The van der Waals surface area contributed by atoms with Gasteiger partial charge in [0.05, 0.1) is 15.7 Å². The van der Waals surface area contributed by atoms with Gasteiger partial charge in [0.25, 0.3) is 5.91 Å². The minimum absolute atomic E-state index is 0.142. The van der Waals surface area contributed by atoms with Gasteiger partial charge < -0.3 is 10.1 Å². The van der Waals surface area contributed by atoms with Gasteiger partial charge >= 0.3 is 5.97 Å². The van der Waals surface area contributed by atoms with Crippen LogP contribution in [0.5, 0.6) is 0 Å². The summed E-state index contributed by atoms with van der Waals surface area (Å²) in [6.45, 7) is -0.609. The van der Waals surface area contributed by atoms with Gasteiger partial charge in [-0.1, -0.05) is 65.1 Å². The maximum absolute atomic E-state index is 12.0. The van der Waals surface area contributed by atoms with E-state index >= 15 is 0 Å². The maximum Gasteiger partial charge on any atom is 0.349 e. The van der Waals surface area contributed by atoms with E-state index in [9.17, 15) is 9.59 Å². The summed E-state index contributed by atoms with van der Waals surface area (Å²) < 4.78 is 4.85. The number of nitriles is 1. The van der Waals surface area contributed by atoms with Gasteiger partial charge in [0.2, 0.25) is 0 Å². The highest BCUT2D eigenvalue weighted by atomic mass is 35.5. The van der Waals surface area contributed by atoms with Crippen LogP contribution in [-0.4, -0.2) is 18.5 Å². The highest BCUT2D eigenvalue weighted by Crippen LogP contribution is 2.33. The molecule has 0 saturated heterocycles. The van der Waals surface area contributed by atoms with Crippen molar-refractivity contribution in [2.24, 2.45) is 0 Å². The number of hydrogen-bond donors (Lipinski definition) is 1. The van der Waals surface area contributed by atoms with E-state index in [0.717, 1.165) is 0 Å². The average Bonchev–Trinajstić information content (AvgIpc) is 2.61. The molecular formula is C18H11Cl3N2O3. The van der Waals surface area contributed by atoms with Crippen LogP contribution in [0.2, 0.25) is 15.1 Å². The standard InChI is InChI=1S/C18H11Cl3N2O3/c19-13-7-14(20)17(15(21)8-13)23-16(24)10-26-18(25)12(9-22)6-11-4-2-1-3-5-11/h1-8H,10H2,(H,23,24). The van der Waals surface area contributed by atoms with Crippen molar-refractivity contribution in [3.8, 4) is 6.07 Å². The molecule has 0 heterocycles. The fourth-order valence-electron chi connectivity index (χ4n) is 1.90. The Labute approximate surface area is 164 Å². The van der Waals surface area contributed by atoms with Crippen LogP contribution >= 0.6 is 34.8 Å². The number of nitrogens with one attached hydrogen (secondary N) is 1. The van der Waals surface area contributed by atoms with Crippen molar-refractivity contribution in [1.29, 1.82) is 5.26 Å². The summed E-state index contributed by atoms with van der Waals surface area (Å²) >= 11 is 17.7. The Morgan fingerprint density at radius 2 is 1.73 bits per heavy atom. The molecule has 0 aliphatic rings. The van der Waals surface area contributed by atoms with Gasteiger partial charge in [-0.15, -0.1) is 0 Å². The van der Waals surface area contributed by atoms with Crippen molar-refractivity contribution in [3.05, 3.63) is 68.7 Å². The number of hydrogen-bond acceptors (Lipinski definition) is 4. The summed E-state index contributed by atoms with van der Waals surface area (Å²) in [5.74, 6) is -1.58. The molecule has 1 amide bonds. The lowest BCUT2D eigenvalue weighted by Gasteiger charge is -2.10. The number of halogens is 3. The second-order valence-corrected chi connectivity index (χ2v) is 6.20. The number of amides is 1. The van der Waals surface area contributed by atoms with Crippen LogP contribution in [0.15, 0.2) is 48.0 Å². The van der Waals surface area contributed by atoms with Crippen molar-refractivity contribution in [2.45, 2.75) is 0 Å². The van der Waals surface area contributed by atoms with Crippen LogP contribution in [0.3, 0.4) is 0 Å². The third-order valence-corrected chi connectivity index (χ3v) is 3.87. The third kappa shape index (κ3) is 5.50. The molecule has 2 aromatic carbocycles. The molecule has 0 spiro atoms. The van der Waals surface area contributed by atoms with E-state index in [0.29, 0.717) is 10.6 Å². The third-order valence-electron chi connectivity index (χ3n) is 3.06. The fourth-order valence-corrected chi connectivity index (χ4v) is 2.81.